The Morgan fingerprint density at radius 1 is 1.10 bits per heavy atom. The molecule has 1 saturated heterocycles. The summed E-state index contributed by atoms with van der Waals surface area (Å²) in [6.07, 6.45) is 1.93. The van der Waals surface area contributed by atoms with Crippen molar-refractivity contribution in [3.63, 3.8) is 0 Å². The third-order valence-corrected chi connectivity index (χ3v) is 5.18. The smallest absolute Gasteiger partial charge is 0.203 e. The molecule has 2 N–H and O–H groups in total. The standard InChI is InChI=1S/C20H34N4O4.HI/c1-7-21-19(22-14-20(24(2)3)8-10-28-11-9-20)23-15-12-16(25-4)18(27-6)17(13-15)26-5;/h12-13H,7-11,14H2,1-6H3,(H2,21,22,23);1H. The molecule has 29 heavy (non-hydrogen) atoms. The van der Waals surface area contributed by atoms with Crippen LogP contribution in [0.3, 0.4) is 0 Å². The predicted octanol–water partition coefficient (Wildman–Crippen LogP) is 2.82. The van der Waals surface area contributed by atoms with Gasteiger partial charge in [0, 0.05) is 43.1 Å². The number of aliphatic imine (C=N–C) groups is 1. The Hall–Kier alpha value is -1.46. The maximum Gasteiger partial charge on any atom is 0.203 e. The van der Waals surface area contributed by atoms with E-state index in [4.69, 9.17) is 23.9 Å². The fraction of sp³-hybridized carbons (Fsp3) is 0.650. The number of nitrogens with zero attached hydrogens (tertiary/aromatic N) is 2. The fourth-order valence-electron chi connectivity index (χ4n) is 3.32. The van der Waals surface area contributed by atoms with Gasteiger partial charge in [-0.1, -0.05) is 0 Å². The van der Waals surface area contributed by atoms with Crippen LogP contribution < -0.4 is 24.8 Å². The summed E-state index contributed by atoms with van der Waals surface area (Å²) >= 11 is 0. The van der Waals surface area contributed by atoms with Crippen LogP contribution in [0.2, 0.25) is 0 Å². The van der Waals surface area contributed by atoms with E-state index in [-0.39, 0.29) is 29.5 Å². The number of likely N-dealkylation sites (N-methyl/N-ethyl adjacent to an activating group) is 1. The minimum Gasteiger partial charge on any atom is -0.493 e. The van der Waals surface area contributed by atoms with Crippen LogP contribution in [0.4, 0.5) is 5.69 Å². The molecule has 0 amide bonds. The van der Waals surface area contributed by atoms with Gasteiger partial charge in [0.15, 0.2) is 17.5 Å². The Kier molecular flexibility index (Phi) is 10.8. The van der Waals surface area contributed by atoms with E-state index in [1.807, 2.05) is 19.1 Å². The van der Waals surface area contributed by atoms with Crippen molar-refractivity contribution < 1.29 is 18.9 Å². The quantitative estimate of drug-likeness (QED) is 0.309. The highest BCUT2D eigenvalue weighted by atomic mass is 127. The zero-order valence-corrected chi connectivity index (χ0v) is 20.7. The van der Waals surface area contributed by atoms with Crippen LogP contribution in [0, 0.1) is 0 Å². The third kappa shape index (κ3) is 6.51. The van der Waals surface area contributed by atoms with Crippen LogP contribution in [-0.2, 0) is 4.74 Å². The Morgan fingerprint density at radius 3 is 2.14 bits per heavy atom. The highest BCUT2D eigenvalue weighted by Crippen LogP contribution is 2.39. The van der Waals surface area contributed by atoms with Gasteiger partial charge >= 0.3 is 0 Å². The average molecular weight is 522 g/mol. The highest BCUT2D eigenvalue weighted by molar-refractivity contribution is 14.0. The molecule has 0 unspecified atom stereocenters. The van der Waals surface area contributed by atoms with Crippen molar-refractivity contribution >= 4 is 35.6 Å². The number of hydrogen-bond acceptors (Lipinski definition) is 6. The van der Waals surface area contributed by atoms with Gasteiger partial charge in [0.1, 0.15) is 0 Å². The van der Waals surface area contributed by atoms with Crippen molar-refractivity contribution in [1.29, 1.82) is 0 Å². The van der Waals surface area contributed by atoms with Gasteiger partial charge in [-0.3, -0.25) is 4.99 Å². The third-order valence-electron chi connectivity index (χ3n) is 5.18. The van der Waals surface area contributed by atoms with Gasteiger partial charge in [0.25, 0.3) is 0 Å². The van der Waals surface area contributed by atoms with Crippen molar-refractivity contribution in [2.45, 2.75) is 25.3 Å². The van der Waals surface area contributed by atoms with E-state index in [0.717, 1.165) is 38.3 Å². The summed E-state index contributed by atoms with van der Waals surface area (Å²) in [7, 11) is 9.02. The molecule has 9 heteroatoms. The predicted molar refractivity (Wildman–Crippen MR) is 128 cm³/mol. The number of guanidine groups is 1. The molecule has 0 aromatic heterocycles. The molecule has 1 aliphatic heterocycles. The van der Waals surface area contributed by atoms with Gasteiger partial charge in [0.05, 0.1) is 27.9 Å². The first-order valence-corrected chi connectivity index (χ1v) is 9.60. The number of benzene rings is 1. The van der Waals surface area contributed by atoms with E-state index < -0.39 is 0 Å². The maximum atomic E-state index is 5.55. The van der Waals surface area contributed by atoms with E-state index in [1.165, 1.54) is 0 Å². The Labute approximate surface area is 191 Å². The molecule has 1 aromatic rings. The van der Waals surface area contributed by atoms with E-state index in [1.54, 1.807) is 21.3 Å². The van der Waals surface area contributed by atoms with E-state index in [9.17, 15) is 0 Å². The summed E-state index contributed by atoms with van der Waals surface area (Å²) in [6, 6.07) is 3.73. The Balaban J connectivity index is 0.00000420. The van der Waals surface area contributed by atoms with Crippen molar-refractivity contribution in [1.82, 2.24) is 10.2 Å². The Morgan fingerprint density at radius 2 is 1.69 bits per heavy atom. The van der Waals surface area contributed by atoms with Crippen LogP contribution in [0.5, 0.6) is 17.2 Å². The van der Waals surface area contributed by atoms with Crippen LogP contribution in [0.1, 0.15) is 19.8 Å². The van der Waals surface area contributed by atoms with E-state index in [2.05, 4.69) is 29.6 Å². The van der Waals surface area contributed by atoms with Gasteiger partial charge in [0.2, 0.25) is 5.75 Å². The lowest BCUT2D eigenvalue weighted by molar-refractivity contribution is -0.00251. The van der Waals surface area contributed by atoms with Crippen LogP contribution >= 0.6 is 24.0 Å². The Bertz CT molecular complexity index is 639. The summed E-state index contributed by atoms with van der Waals surface area (Å²) in [4.78, 5) is 7.13. The van der Waals surface area contributed by atoms with E-state index >= 15 is 0 Å². The first kappa shape index (κ1) is 25.6. The average Bonchev–Trinajstić information content (AvgIpc) is 2.71. The summed E-state index contributed by atoms with van der Waals surface area (Å²) in [5.74, 6) is 2.46. The SMILES string of the molecule is CCNC(=NCC1(N(C)C)CCOCC1)Nc1cc(OC)c(OC)c(OC)c1.I. The molecule has 1 fully saturated rings. The normalized spacial score (nSPS) is 16.0. The highest BCUT2D eigenvalue weighted by Gasteiger charge is 2.34. The fourth-order valence-corrected chi connectivity index (χ4v) is 3.32. The van der Waals surface area contributed by atoms with E-state index in [0.29, 0.717) is 29.8 Å². The van der Waals surface area contributed by atoms with Gasteiger partial charge in [-0.2, -0.15) is 0 Å². The van der Waals surface area contributed by atoms with Gasteiger partial charge in [-0.05, 0) is 33.9 Å². The molecule has 2 rings (SSSR count). The van der Waals surface area contributed by atoms with Crippen LogP contribution in [0.15, 0.2) is 17.1 Å². The molecule has 166 valence electrons. The monoisotopic (exact) mass is 522 g/mol. The summed E-state index contributed by atoms with van der Waals surface area (Å²) in [5, 5.41) is 6.66. The van der Waals surface area contributed by atoms with Gasteiger partial charge in [-0.15, -0.1) is 24.0 Å². The molecule has 0 bridgehead atoms. The van der Waals surface area contributed by atoms with Gasteiger partial charge in [-0.25, -0.2) is 0 Å². The first-order valence-electron chi connectivity index (χ1n) is 9.60. The first-order chi connectivity index (χ1) is 13.5. The van der Waals surface area contributed by atoms with Crippen molar-refractivity contribution in [3.05, 3.63) is 12.1 Å². The molecular weight excluding hydrogens is 487 g/mol. The lowest BCUT2D eigenvalue weighted by Gasteiger charge is -2.41. The number of rotatable bonds is 8. The van der Waals surface area contributed by atoms with Crippen LogP contribution in [0.25, 0.3) is 0 Å². The topological polar surface area (TPSA) is 76.6 Å². The van der Waals surface area contributed by atoms with Crippen molar-refractivity contribution in [2.75, 3.05) is 67.0 Å². The molecule has 1 heterocycles. The number of ether oxygens (including phenoxy) is 4. The summed E-state index contributed by atoms with van der Waals surface area (Å²) < 4.78 is 21.8. The molecule has 1 aliphatic rings. The lowest BCUT2D eigenvalue weighted by Crippen LogP contribution is -2.51. The molecule has 0 spiro atoms. The zero-order valence-electron chi connectivity index (χ0n) is 18.3. The minimum absolute atomic E-state index is 0. The molecule has 0 aliphatic carbocycles. The molecular formula is C20H35IN4O4. The number of anilines is 1. The second kappa shape index (κ2) is 12.3. The van der Waals surface area contributed by atoms with Gasteiger partial charge < -0.3 is 34.5 Å². The number of halogens is 1. The second-order valence-electron chi connectivity index (χ2n) is 6.97. The zero-order chi connectivity index (χ0) is 20.6. The molecule has 0 saturated carbocycles. The van der Waals surface area contributed by atoms with Crippen molar-refractivity contribution in [2.24, 2.45) is 4.99 Å². The molecule has 0 atom stereocenters. The molecule has 0 radical (unpaired) electrons. The molecule has 8 nitrogen and oxygen atoms in total. The lowest BCUT2D eigenvalue weighted by atomic mass is 9.89. The second-order valence-corrected chi connectivity index (χ2v) is 6.97. The number of hydrogen-bond donors (Lipinski definition) is 2. The van der Waals surface area contributed by atoms with Crippen molar-refractivity contribution in [3.8, 4) is 17.2 Å². The van der Waals surface area contributed by atoms with Crippen LogP contribution in [-0.4, -0.2) is 78.1 Å². The largest absolute Gasteiger partial charge is 0.493 e. The number of methoxy groups -OCH3 is 3. The summed E-state index contributed by atoms with van der Waals surface area (Å²) in [6.45, 7) is 5.02. The number of nitrogens with one attached hydrogen (secondary N) is 2. The maximum absolute atomic E-state index is 5.55. The minimum atomic E-state index is 0. The summed E-state index contributed by atoms with van der Waals surface area (Å²) in [5.41, 5.74) is 0.815. The molecule has 1 aromatic carbocycles.